The van der Waals surface area contributed by atoms with Crippen molar-refractivity contribution in [2.24, 2.45) is 5.73 Å². The predicted molar refractivity (Wildman–Crippen MR) is 92.0 cm³/mol. The lowest BCUT2D eigenvalue weighted by molar-refractivity contribution is 0.184. The number of nitrogens with two attached hydrogens (primary N) is 1. The number of hydrogen-bond acceptors (Lipinski definition) is 5. The zero-order valence-corrected chi connectivity index (χ0v) is 13.6. The maximum Gasteiger partial charge on any atom is 0.157 e. The summed E-state index contributed by atoms with van der Waals surface area (Å²) in [5.74, 6) is 0. The van der Waals surface area contributed by atoms with Crippen molar-refractivity contribution >= 4 is 11.0 Å². The number of hydrogen-bond donors (Lipinski definition) is 1. The lowest BCUT2D eigenvalue weighted by atomic mass is 10.1. The van der Waals surface area contributed by atoms with Crippen LogP contribution in [0.15, 0.2) is 43.0 Å². The fourth-order valence-corrected chi connectivity index (χ4v) is 2.02. The third-order valence-corrected chi connectivity index (χ3v) is 3.29. The Morgan fingerprint density at radius 1 is 1.17 bits per heavy atom. The molecule has 6 nitrogen and oxygen atoms in total. The molecule has 6 heteroatoms. The van der Waals surface area contributed by atoms with Gasteiger partial charge in [-0.25, -0.2) is 9.67 Å². The van der Waals surface area contributed by atoms with E-state index in [0.29, 0.717) is 13.2 Å². The molecule has 122 valence electrons. The van der Waals surface area contributed by atoms with Crippen molar-refractivity contribution in [1.29, 1.82) is 0 Å². The van der Waals surface area contributed by atoms with Crippen LogP contribution in [0, 0.1) is 0 Å². The topological polar surface area (TPSA) is 78.9 Å². The van der Waals surface area contributed by atoms with Crippen LogP contribution in [0.2, 0.25) is 0 Å². The molecule has 0 bridgehead atoms. The zero-order chi connectivity index (χ0) is 16.5. The van der Waals surface area contributed by atoms with Crippen LogP contribution in [0.1, 0.15) is 13.3 Å². The van der Waals surface area contributed by atoms with E-state index in [0.717, 1.165) is 35.1 Å². The lowest BCUT2D eigenvalue weighted by Crippen LogP contribution is -2.06. The van der Waals surface area contributed by atoms with Crippen LogP contribution in [0.4, 0.5) is 0 Å². The molecule has 0 atom stereocenters. The van der Waals surface area contributed by atoms with Gasteiger partial charge < -0.3 is 10.5 Å². The second-order valence-corrected chi connectivity index (χ2v) is 5.02. The van der Waals surface area contributed by atoms with Crippen molar-refractivity contribution in [3.63, 3.8) is 0 Å². The number of fused-ring (bicyclic) bond motifs is 1. The van der Waals surface area contributed by atoms with Crippen molar-refractivity contribution in [1.82, 2.24) is 19.7 Å². The van der Waals surface area contributed by atoms with Crippen LogP contribution in [0.25, 0.3) is 22.2 Å². The third-order valence-electron chi connectivity index (χ3n) is 3.29. The lowest BCUT2D eigenvalue weighted by Gasteiger charge is -2.03. The van der Waals surface area contributed by atoms with Gasteiger partial charge in [-0.3, -0.25) is 4.98 Å². The summed E-state index contributed by atoms with van der Waals surface area (Å²) in [4.78, 5) is 8.52. The number of methoxy groups -OCH3 is 1. The molecule has 23 heavy (non-hydrogen) atoms. The molecule has 0 spiro atoms. The minimum absolute atomic E-state index is 0.630. The van der Waals surface area contributed by atoms with Crippen LogP contribution < -0.4 is 5.73 Å². The van der Waals surface area contributed by atoms with Gasteiger partial charge in [0.15, 0.2) is 5.65 Å². The van der Waals surface area contributed by atoms with Crippen LogP contribution in [-0.4, -0.2) is 40.0 Å². The van der Waals surface area contributed by atoms with E-state index >= 15 is 0 Å². The summed E-state index contributed by atoms with van der Waals surface area (Å²) in [5.41, 5.74) is 8.09. The fraction of sp³-hybridized carbons (Fsp3) is 0.353. The highest BCUT2D eigenvalue weighted by molar-refractivity contribution is 5.80. The number of aromatic nitrogens is 4. The van der Waals surface area contributed by atoms with Crippen molar-refractivity contribution in [3.05, 3.63) is 43.0 Å². The minimum Gasteiger partial charge on any atom is -0.383 e. The molecule has 0 aliphatic carbocycles. The standard InChI is InChI=1S/C14H14N4O.C3H9N/c1-19-7-6-18-14-13(10-17-18)8-12(9-16-14)11-2-4-15-5-3-11;1-2-3-4/h2-5,8-10H,6-7H2,1H3;2-4H2,1H3. The molecule has 3 heterocycles. The molecule has 0 amide bonds. The Labute approximate surface area is 136 Å². The molecule has 3 aromatic rings. The average molecular weight is 313 g/mol. The largest absolute Gasteiger partial charge is 0.383 e. The van der Waals surface area contributed by atoms with Gasteiger partial charge in [-0.1, -0.05) is 6.92 Å². The maximum atomic E-state index is 5.06. The minimum atomic E-state index is 0.630. The summed E-state index contributed by atoms with van der Waals surface area (Å²) < 4.78 is 6.92. The molecule has 3 aromatic heterocycles. The molecule has 0 aromatic carbocycles. The van der Waals surface area contributed by atoms with Gasteiger partial charge in [0.25, 0.3) is 0 Å². The highest BCUT2D eigenvalue weighted by Gasteiger charge is 2.06. The summed E-state index contributed by atoms with van der Waals surface area (Å²) in [7, 11) is 1.68. The van der Waals surface area contributed by atoms with Crippen molar-refractivity contribution < 1.29 is 4.74 Å². The number of pyridine rings is 2. The normalized spacial score (nSPS) is 10.4. The first-order valence-corrected chi connectivity index (χ1v) is 7.71. The number of nitrogens with zero attached hydrogens (tertiary/aromatic N) is 4. The van der Waals surface area contributed by atoms with Crippen LogP contribution in [-0.2, 0) is 11.3 Å². The Morgan fingerprint density at radius 2 is 1.91 bits per heavy atom. The highest BCUT2D eigenvalue weighted by Crippen LogP contribution is 2.21. The molecular weight excluding hydrogens is 290 g/mol. The average Bonchev–Trinajstić information content (AvgIpc) is 3.03. The maximum absolute atomic E-state index is 5.06. The predicted octanol–water partition coefficient (Wildman–Crippen LogP) is 2.49. The second kappa shape index (κ2) is 8.97. The van der Waals surface area contributed by atoms with Gasteiger partial charge >= 0.3 is 0 Å². The molecule has 0 aliphatic rings. The van der Waals surface area contributed by atoms with Gasteiger partial charge in [0.1, 0.15) is 0 Å². The fourth-order valence-electron chi connectivity index (χ4n) is 2.02. The first-order valence-electron chi connectivity index (χ1n) is 7.71. The number of rotatable bonds is 5. The van der Waals surface area contributed by atoms with Gasteiger partial charge in [0.2, 0.25) is 0 Å². The van der Waals surface area contributed by atoms with Gasteiger partial charge in [0, 0.05) is 36.7 Å². The van der Waals surface area contributed by atoms with Gasteiger partial charge in [-0.05, 0) is 36.7 Å². The third kappa shape index (κ3) is 4.58. The monoisotopic (exact) mass is 313 g/mol. The Kier molecular flexibility index (Phi) is 6.65. The molecule has 0 saturated carbocycles. The summed E-state index contributed by atoms with van der Waals surface area (Å²) >= 11 is 0. The van der Waals surface area contributed by atoms with Crippen molar-refractivity contribution in [2.45, 2.75) is 19.9 Å². The Hall–Kier alpha value is -2.31. The Morgan fingerprint density at radius 3 is 2.57 bits per heavy atom. The number of ether oxygens (including phenoxy) is 1. The first-order chi connectivity index (χ1) is 11.3. The van der Waals surface area contributed by atoms with E-state index in [9.17, 15) is 0 Å². The SMILES string of the molecule is CCCN.COCCn1ncc2cc(-c3ccncc3)cnc21. The van der Waals surface area contributed by atoms with E-state index in [1.807, 2.05) is 29.2 Å². The molecule has 2 N–H and O–H groups in total. The van der Waals surface area contributed by atoms with E-state index in [4.69, 9.17) is 10.5 Å². The van der Waals surface area contributed by atoms with Gasteiger partial charge in [0.05, 0.1) is 19.3 Å². The van der Waals surface area contributed by atoms with Gasteiger partial charge in [-0.15, -0.1) is 0 Å². The van der Waals surface area contributed by atoms with E-state index in [-0.39, 0.29) is 0 Å². The first kappa shape index (κ1) is 17.1. The van der Waals surface area contributed by atoms with Crippen LogP contribution in [0.3, 0.4) is 0 Å². The highest BCUT2D eigenvalue weighted by atomic mass is 16.5. The van der Waals surface area contributed by atoms with Crippen molar-refractivity contribution in [3.8, 4) is 11.1 Å². The van der Waals surface area contributed by atoms with E-state index in [1.54, 1.807) is 19.5 Å². The second-order valence-electron chi connectivity index (χ2n) is 5.02. The Balaban J connectivity index is 0.000000433. The molecule has 3 rings (SSSR count). The molecular formula is C17H23N5O. The molecule has 0 unspecified atom stereocenters. The van der Waals surface area contributed by atoms with Crippen LogP contribution >= 0.6 is 0 Å². The van der Waals surface area contributed by atoms with Gasteiger partial charge in [-0.2, -0.15) is 5.10 Å². The summed E-state index contributed by atoms with van der Waals surface area (Å²) in [5, 5.41) is 5.36. The molecule has 0 radical (unpaired) electrons. The smallest absolute Gasteiger partial charge is 0.157 e. The molecule has 0 aliphatic heterocycles. The van der Waals surface area contributed by atoms with Crippen molar-refractivity contribution in [2.75, 3.05) is 20.3 Å². The van der Waals surface area contributed by atoms with E-state index in [2.05, 4.69) is 28.1 Å². The summed E-state index contributed by atoms with van der Waals surface area (Å²) in [6, 6.07) is 6.03. The summed E-state index contributed by atoms with van der Waals surface area (Å²) in [6.07, 6.45) is 8.36. The summed E-state index contributed by atoms with van der Waals surface area (Å²) in [6.45, 7) is 4.21. The van der Waals surface area contributed by atoms with Crippen LogP contribution in [0.5, 0.6) is 0 Å². The van der Waals surface area contributed by atoms with E-state index < -0.39 is 0 Å². The molecule has 0 saturated heterocycles. The zero-order valence-electron chi connectivity index (χ0n) is 13.6. The quantitative estimate of drug-likeness (QED) is 0.783. The molecule has 0 fully saturated rings. The Bertz CT molecular complexity index is 709. The van der Waals surface area contributed by atoms with E-state index in [1.165, 1.54) is 0 Å².